The van der Waals surface area contributed by atoms with Crippen molar-refractivity contribution in [2.45, 2.75) is 270 Å². The van der Waals surface area contributed by atoms with Crippen molar-refractivity contribution in [3.63, 3.8) is 0 Å². The maximum atomic E-state index is 12.0. The van der Waals surface area contributed by atoms with Gasteiger partial charge in [0.15, 0.2) is 0 Å². The number of fused-ring (bicyclic) bond motifs is 7. The number of rotatable bonds is 0. The molecule has 6 heterocycles. The molecule has 0 spiro atoms. The molecule has 6 unspecified atom stereocenters. The minimum atomic E-state index is -0.168. The van der Waals surface area contributed by atoms with Crippen LogP contribution < -0.4 is 349 Å². The Morgan fingerprint density at radius 1 is 0.264 bits per heavy atom. The Hall–Kier alpha value is 2.97. The second-order valence-electron chi connectivity index (χ2n) is 20.8. The average Bonchev–Trinajstić information content (AvgIpc) is 1.61. The molecule has 0 aliphatic carbocycles. The van der Waals surface area contributed by atoms with Crippen molar-refractivity contribution in [2.24, 2.45) is 23.7 Å². The number of amides is 6. The van der Waals surface area contributed by atoms with Gasteiger partial charge in [-0.3, -0.25) is 0 Å². The van der Waals surface area contributed by atoms with Gasteiger partial charge in [-0.05, 0) is 96.1 Å². The molecule has 1 fully saturated rings. The number of carbonyl (C=O) groups is 6. The Labute approximate surface area is 944 Å². The molecule has 0 radical (unpaired) electrons. The van der Waals surface area contributed by atoms with Gasteiger partial charge in [0.25, 0.3) is 0 Å². The van der Waals surface area contributed by atoms with Crippen LogP contribution in [-0.2, 0) is 61.0 Å². The predicted octanol–water partition coefficient (Wildman–Crippen LogP) is 9.15. The fourth-order valence-corrected chi connectivity index (χ4v) is 9.80. The van der Waals surface area contributed by atoms with Gasteiger partial charge in [-0.2, -0.15) is 0 Å². The molecule has 12 nitrogen and oxygen atoms in total. The van der Waals surface area contributed by atoms with Crippen LogP contribution in [-0.4, -0.2) is 48.5 Å². The Kier molecular flexibility index (Phi) is 113. The summed E-state index contributed by atoms with van der Waals surface area (Å²) in [6.45, 7) is 57.6. The maximum Gasteiger partial charge on any atom is 1.00 e. The molecular weight excluding hydrogens is 1750 g/mol. The van der Waals surface area contributed by atoms with Crippen LogP contribution in [0.4, 0.5) is 17.1 Å². The molecule has 0 aromatic heterocycles. The summed E-state index contributed by atoms with van der Waals surface area (Å²) < 4.78 is 0. The van der Waals surface area contributed by atoms with Gasteiger partial charge < -0.3 is 60.7 Å². The van der Waals surface area contributed by atoms with Crippen molar-refractivity contribution >= 4 is 52.5 Å². The van der Waals surface area contributed by atoms with Crippen molar-refractivity contribution in [3.8, 4) is 11.1 Å². The first-order valence-corrected chi connectivity index (χ1v) is 38.6. The Bertz CT molecular complexity index is 3010. The molecule has 0 bridgehead atoms. The largest absolute Gasteiger partial charge is 1.00 e. The van der Waals surface area contributed by atoms with Crippen LogP contribution in [0.15, 0.2) is 146 Å². The smallest absolute Gasteiger partial charge is 0.653 e. The van der Waals surface area contributed by atoms with E-state index in [1.807, 2.05) is 321 Å². The minimum Gasteiger partial charge on any atom is -0.653 e. The molecule has 6 amide bonds. The first-order chi connectivity index (χ1) is 48.7. The van der Waals surface area contributed by atoms with Gasteiger partial charge in [-0.25, -0.2) is 0 Å². The summed E-state index contributed by atoms with van der Waals surface area (Å²) in [6, 6.07) is 47.8. The van der Waals surface area contributed by atoms with Crippen molar-refractivity contribution < 1.29 is 378 Å². The van der Waals surface area contributed by atoms with Crippen LogP contribution in [0, 0.1) is 23.7 Å². The average molecular weight is 1890 g/mol. The molecular formula is C88H138N6O6Rb6. The predicted molar refractivity (Wildman–Crippen MR) is 436 cm³/mol. The van der Waals surface area contributed by atoms with Crippen molar-refractivity contribution in [2.75, 3.05) is 13.1 Å². The Morgan fingerprint density at radius 3 is 1.06 bits per heavy atom. The molecule has 106 heavy (non-hydrogen) atoms. The number of benzene rings is 6. The standard InChI is InChI=1S/C15H13NO.4C11H13NO.C7H13NO.11C2H6.6Rb/c1-10-11-6-2-3-7-12(11)13-8-4-5-9-14(13)16-15(10)17;1-8-6-9-4-2-3-5-10(9)7-12-11(8)13;1-8-10-5-3-2-4-9(10)6-7-12-11(8)13;2*1-8-6-7-9-4-2-3-5-10(9)12-11(8)13;1-6-4-2-3-5-8-7(6)9;11*1-2;;;;;;/h2-10H,1H3,(H,16,17);4*2-5,8H,6-7H2,1H3,(H,12,13);6H,2-5H2,1H3,(H,8,9);11*1-2H3;;;;;;/q;;;;;;;;;;;;;;;;;6*+1/p-6. The zero-order valence-electron chi connectivity index (χ0n) is 73.9. The van der Waals surface area contributed by atoms with Gasteiger partial charge in [0.2, 0.25) is 0 Å². The SMILES string of the molecule is CC.CC.CC.CC.CC.CC.CC.CC.CC.CC.CC.CC1C(=O)[N-]CCc2ccccc21.CC1C(=O)[N-]c2ccccc2-c2ccccc21.CC1CCCC[N-]C1=O.CC1CCc2ccccc2[N-]C1=O.CC1CCc2ccccc2[N-]C1=O.CC1Cc2ccccc2C[N-]C1=O.[Rb+].[Rb+].[Rb+].[Rb+].[Rb+].[Rb+]. The van der Waals surface area contributed by atoms with E-state index in [4.69, 9.17) is 0 Å². The molecule has 6 aliphatic heterocycles. The summed E-state index contributed by atoms with van der Waals surface area (Å²) in [5.74, 6) is 0.291. The quantitative estimate of drug-likeness (QED) is 0.146. The first-order valence-electron chi connectivity index (χ1n) is 38.6. The third-order valence-corrected chi connectivity index (χ3v) is 15.0. The van der Waals surface area contributed by atoms with Gasteiger partial charge >= 0.3 is 349 Å². The number of carbonyl (C=O) groups excluding carboxylic acids is 6. The van der Waals surface area contributed by atoms with Crippen LogP contribution in [0.3, 0.4) is 0 Å². The summed E-state index contributed by atoms with van der Waals surface area (Å²) in [4.78, 5) is 68.4. The molecule has 0 saturated carbocycles. The van der Waals surface area contributed by atoms with E-state index in [1.54, 1.807) is 0 Å². The topological polar surface area (TPSA) is 187 Å². The Morgan fingerprint density at radius 2 is 0.594 bits per heavy atom. The van der Waals surface area contributed by atoms with Gasteiger partial charge in [0.05, 0.1) is 35.4 Å². The van der Waals surface area contributed by atoms with Gasteiger partial charge in [-0.1, -0.05) is 369 Å². The summed E-state index contributed by atoms with van der Waals surface area (Å²) in [7, 11) is 0. The van der Waals surface area contributed by atoms with E-state index in [-0.39, 0.29) is 420 Å². The molecule has 0 N–H and O–H groups in total. The molecule has 18 heteroatoms. The van der Waals surface area contributed by atoms with E-state index in [9.17, 15) is 28.8 Å². The zero-order valence-corrected chi connectivity index (χ0v) is 103. The fraction of sp³-hybridized carbons (Fsp3) is 0.523. The second-order valence-corrected chi connectivity index (χ2v) is 20.8. The third kappa shape index (κ3) is 53.4. The van der Waals surface area contributed by atoms with Crippen LogP contribution in [0.2, 0.25) is 0 Å². The first kappa shape index (κ1) is 132. The van der Waals surface area contributed by atoms with E-state index in [0.29, 0.717) is 13.1 Å². The van der Waals surface area contributed by atoms with Gasteiger partial charge in [0, 0.05) is 17.8 Å². The molecule has 6 aromatic rings. The van der Waals surface area contributed by atoms with Crippen LogP contribution >= 0.6 is 0 Å². The van der Waals surface area contributed by atoms with Crippen LogP contribution in [0.1, 0.15) is 277 Å². The third-order valence-electron chi connectivity index (χ3n) is 15.0. The zero-order chi connectivity index (χ0) is 77.6. The van der Waals surface area contributed by atoms with E-state index in [1.165, 1.54) is 27.8 Å². The van der Waals surface area contributed by atoms with Gasteiger partial charge in [0.1, 0.15) is 0 Å². The molecule has 1 saturated heterocycles. The molecule has 6 atom stereocenters. The molecule has 12 rings (SSSR count). The van der Waals surface area contributed by atoms with Gasteiger partial charge in [-0.15, -0.1) is 36.7 Å². The van der Waals surface area contributed by atoms with E-state index < -0.39 is 0 Å². The maximum absolute atomic E-state index is 12.0. The fourth-order valence-electron chi connectivity index (χ4n) is 9.80. The number of hydrogen-bond acceptors (Lipinski definition) is 6. The normalized spacial score (nSPS) is 16.5. The number of nitrogens with zero attached hydrogens (tertiary/aromatic N) is 6. The number of hydrogen-bond donors (Lipinski definition) is 0. The summed E-state index contributed by atoms with van der Waals surface area (Å²) in [5, 5.41) is 24.2. The van der Waals surface area contributed by atoms with Crippen molar-refractivity contribution in [1.29, 1.82) is 0 Å². The summed E-state index contributed by atoms with van der Waals surface area (Å²) in [6.07, 6.45) is 8.78. The molecule has 6 aliphatic rings. The molecule has 6 aromatic carbocycles. The van der Waals surface area contributed by atoms with Crippen molar-refractivity contribution in [3.05, 3.63) is 216 Å². The minimum absolute atomic E-state index is 0. The summed E-state index contributed by atoms with van der Waals surface area (Å²) in [5.41, 5.74) is 13.0. The van der Waals surface area contributed by atoms with Crippen LogP contribution in [0.5, 0.6) is 0 Å². The van der Waals surface area contributed by atoms with E-state index >= 15 is 0 Å². The van der Waals surface area contributed by atoms with Crippen molar-refractivity contribution in [1.82, 2.24) is 0 Å². The van der Waals surface area contributed by atoms with E-state index in [2.05, 4.69) is 50.1 Å². The van der Waals surface area contributed by atoms with E-state index in [0.717, 1.165) is 104 Å². The molecule has 562 valence electrons. The monoisotopic (exact) mass is 1880 g/mol. The number of para-hydroxylation sites is 3. The second kappa shape index (κ2) is 90.3. The number of aryl methyl sites for hydroxylation is 2. The van der Waals surface area contributed by atoms with Crippen LogP contribution in [0.25, 0.3) is 43.0 Å². The Balaban J connectivity index is -0.000000107. The summed E-state index contributed by atoms with van der Waals surface area (Å²) >= 11 is 0.